The maximum Gasteiger partial charge on any atom is 0.252 e. The summed E-state index contributed by atoms with van der Waals surface area (Å²) in [6, 6.07) is 3.99. The molecule has 9 heteroatoms. The number of carbonyl (C=O) groups excluding carboxylic acids is 1. The molecule has 1 unspecified atom stereocenters. The molecular formula is C12H17BrN2O5S. The number of carbonyl (C=O) groups is 1. The minimum absolute atomic E-state index is 0.129. The third-order valence-electron chi connectivity index (χ3n) is 2.69. The lowest BCUT2D eigenvalue weighted by Gasteiger charge is -2.15. The number of ether oxygens (including phenoxy) is 2. The van der Waals surface area contributed by atoms with Crippen LogP contribution in [-0.4, -0.2) is 47.8 Å². The van der Waals surface area contributed by atoms with E-state index >= 15 is 0 Å². The van der Waals surface area contributed by atoms with Crippen molar-refractivity contribution < 1.29 is 22.7 Å². The number of amides is 1. The van der Waals surface area contributed by atoms with Gasteiger partial charge in [-0.3, -0.25) is 4.79 Å². The topological polar surface area (TPSA) is 108 Å². The van der Waals surface area contributed by atoms with E-state index in [1.165, 1.54) is 32.4 Å². The smallest absolute Gasteiger partial charge is 0.252 e. The monoisotopic (exact) mass is 380 g/mol. The molecule has 0 aliphatic heterocycles. The molecule has 1 atom stereocenters. The Labute approximate surface area is 132 Å². The van der Waals surface area contributed by atoms with Crippen LogP contribution in [0.1, 0.15) is 10.4 Å². The van der Waals surface area contributed by atoms with Gasteiger partial charge in [0.2, 0.25) is 10.0 Å². The number of hydrogen-bond acceptors (Lipinski definition) is 5. The maximum atomic E-state index is 12.1. The molecule has 0 saturated carbocycles. The Balaban J connectivity index is 2.87. The minimum atomic E-state index is -3.87. The zero-order valence-electron chi connectivity index (χ0n) is 11.6. The van der Waals surface area contributed by atoms with E-state index in [0.29, 0.717) is 11.1 Å². The number of methoxy groups -OCH3 is 2. The van der Waals surface area contributed by atoms with E-state index in [1.54, 1.807) is 0 Å². The van der Waals surface area contributed by atoms with Crippen LogP contribution in [-0.2, 0) is 19.5 Å². The average Bonchev–Trinajstić information content (AvgIpc) is 2.42. The number of benzene rings is 1. The first-order valence-electron chi connectivity index (χ1n) is 5.92. The fraction of sp³-hybridized carbons (Fsp3) is 0.417. The highest BCUT2D eigenvalue weighted by atomic mass is 79.9. The standard InChI is InChI=1S/C12H17BrN2O5S/c1-19-7-8(20-2)6-15-12(16)10-5-9(21(14,17)18)3-4-11(10)13/h3-5,8H,6-7H2,1-2H3,(H,15,16)(H2,14,17,18). The van der Waals surface area contributed by atoms with Crippen LogP contribution in [0.15, 0.2) is 27.6 Å². The lowest BCUT2D eigenvalue weighted by Crippen LogP contribution is -2.35. The van der Waals surface area contributed by atoms with Gasteiger partial charge in [-0.05, 0) is 34.1 Å². The van der Waals surface area contributed by atoms with Gasteiger partial charge in [-0.2, -0.15) is 0 Å². The van der Waals surface area contributed by atoms with E-state index in [4.69, 9.17) is 14.6 Å². The Morgan fingerprint density at radius 3 is 2.62 bits per heavy atom. The van der Waals surface area contributed by atoms with E-state index in [9.17, 15) is 13.2 Å². The van der Waals surface area contributed by atoms with Crippen LogP contribution in [0, 0.1) is 0 Å². The molecule has 0 saturated heterocycles. The zero-order chi connectivity index (χ0) is 16.0. The highest BCUT2D eigenvalue weighted by Crippen LogP contribution is 2.20. The van der Waals surface area contributed by atoms with Gasteiger partial charge in [0.15, 0.2) is 0 Å². The highest BCUT2D eigenvalue weighted by Gasteiger charge is 2.16. The van der Waals surface area contributed by atoms with Gasteiger partial charge in [-0.15, -0.1) is 0 Å². The Kier molecular flexibility index (Phi) is 6.75. The maximum absolute atomic E-state index is 12.1. The van der Waals surface area contributed by atoms with E-state index in [1.807, 2.05) is 0 Å². The van der Waals surface area contributed by atoms with Gasteiger partial charge in [0.1, 0.15) is 0 Å². The van der Waals surface area contributed by atoms with E-state index in [2.05, 4.69) is 21.2 Å². The van der Waals surface area contributed by atoms with E-state index in [-0.39, 0.29) is 23.1 Å². The summed E-state index contributed by atoms with van der Waals surface area (Å²) in [7, 11) is -0.831. The van der Waals surface area contributed by atoms with Gasteiger partial charge in [-0.25, -0.2) is 13.6 Å². The molecule has 0 radical (unpaired) electrons. The molecule has 0 aliphatic rings. The van der Waals surface area contributed by atoms with Crippen molar-refractivity contribution in [3.8, 4) is 0 Å². The fourth-order valence-electron chi connectivity index (χ4n) is 1.55. The first-order valence-corrected chi connectivity index (χ1v) is 8.25. The summed E-state index contributed by atoms with van der Waals surface area (Å²) < 4.78 is 33.1. The van der Waals surface area contributed by atoms with Crippen LogP contribution in [0.4, 0.5) is 0 Å². The predicted octanol–water partition coefficient (Wildman–Crippen LogP) is 0.488. The number of rotatable bonds is 7. The summed E-state index contributed by atoms with van der Waals surface area (Å²) >= 11 is 3.20. The third-order valence-corrected chi connectivity index (χ3v) is 4.29. The third kappa shape index (κ3) is 5.36. The molecule has 1 rings (SSSR count). The summed E-state index contributed by atoms with van der Waals surface area (Å²) in [5.41, 5.74) is 0.175. The predicted molar refractivity (Wildman–Crippen MR) is 80.5 cm³/mol. The summed E-state index contributed by atoms with van der Waals surface area (Å²) in [5, 5.41) is 7.69. The summed E-state index contributed by atoms with van der Waals surface area (Å²) in [6.45, 7) is 0.560. The first-order chi connectivity index (χ1) is 9.79. The van der Waals surface area contributed by atoms with Crippen LogP contribution in [0.25, 0.3) is 0 Å². The highest BCUT2D eigenvalue weighted by molar-refractivity contribution is 9.10. The quantitative estimate of drug-likeness (QED) is 0.715. The molecule has 7 nitrogen and oxygen atoms in total. The molecule has 3 N–H and O–H groups in total. The van der Waals surface area contributed by atoms with Gasteiger partial charge in [0.05, 0.1) is 23.2 Å². The molecule has 0 heterocycles. The molecule has 0 bridgehead atoms. The summed E-state index contributed by atoms with van der Waals surface area (Å²) in [5.74, 6) is -0.439. The second-order valence-corrected chi connectivity index (χ2v) is 6.63. The molecule has 0 aromatic heterocycles. The van der Waals surface area contributed by atoms with Crippen molar-refractivity contribution in [1.29, 1.82) is 0 Å². The van der Waals surface area contributed by atoms with Crippen molar-refractivity contribution in [2.75, 3.05) is 27.4 Å². The Bertz CT molecular complexity index is 606. The van der Waals surface area contributed by atoms with E-state index < -0.39 is 15.9 Å². The largest absolute Gasteiger partial charge is 0.382 e. The summed E-state index contributed by atoms with van der Waals surface area (Å²) in [4.78, 5) is 12.0. The molecule has 0 spiro atoms. The van der Waals surface area contributed by atoms with E-state index in [0.717, 1.165) is 0 Å². The van der Waals surface area contributed by atoms with Crippen LogP contribution in [0.3, 0.4) is 0 Å². The van der Waals surface area contributed by atoms with Crippen LogP contribution < -0.4 is 10.5 Å². The average molecular weight is 381 g/mol. The number of halogens is 1. The van der Waals surface area contributed by atoms with Crippen LogP contribution in [0.5, 0.6) is 0 Å². The summed E-state index contributed by atoms with van der Waals surface area (Å²) in [6.07, 6.45) is -0.292. The van der Waals surface area contributed by atoms with Gasteiger partial charge in [0, 0.05) is 25.2 Å². The van der Waals surface area contributed by atoms with Crippen LogP contribution >= 0.6 is 15.9 Å². The Hall–Kier alpha value is -1.00. The molecular weight excluding hydrogens is 364 g/mol. The first kappa shape index (κ1) is 18.1. The molecule has 21 heavy (non-hydrogen) atoms. The van der Waals surface area contributed by atoms with Gasteiger partial charge in [-0.1, -0.05) is 0 Å². The lowest BCUT2D eigenvalue weighted by atomic mass is 10.2. The van der Waals surface area contributed by atoms with Crippen molar-refractivity contribution in [1.82, 2.24) is 5.32 Å². The SMILES string of the molecule is COCC(CNC(=O)c1cc(S(N)(=O)=O)ccc1Br)OC. The van der Waals surface area contributed by atoms with Crippen molar-refractivity contribution in [3.63, 3.8) is 0 Å². The lowest BCUT2D eigenvalue weighted by molar-refractivity contribution is 0.0285. The molecule has 1 amide bonds. The number of nitrogens with one attached hydrogen (secondary N) is 1. The second kappa shape index (κ2) is 7.85. The second-order valence-electron chi connectivity index (χ2n) is 4.21. The van der Waals surface area contributed by atoms with Crippen LogP contribution in [0.2, 0.25) is 0 Å². The van der Waals surface area contributed by atoms with Crippen molar-refractivity contribution >= 4 is 31.9 Å². The Morgan fingerprint density at radius 1 is 1.43 bits per heavy atom. The number of sulfonamides is 1. The molecule has 0 fully saturated rings. The Morgan fingerprint density at radius 2 is 2.10 bits per heavy atom. The van der Waals surface area contributed by atoms with Crippen molar-refractivity contribution in [2.45, 2.75) is 11.0 Å². The van der Waals surface area contributed by atoms with Gasteiger partial charge < -0.3 is 14.8 Å². The molecule has 1 aromatic rings. The number of hydrogen-bond donors (Lipinski definition) is 2. The van der Waals surface area contributed by atoms with Crippen molar-refractivity contribution in [3.05, 3.63) is 28.2 Å². The zero-order valence-corrected chi connectivity index (χ0v) is 14.0. The van der Waals surface area contributed by atoms with Gasteiger partial charge in [0.25, 0.3) is 5.91 Å². The number of nitrogens with two attached hydrogens (primary N) is 1. The minimum Gasteiger partial charge on any atom is -0.382 e. The van der Waals surface area contributed by atoms with Gasteiger partial charge >= 0.3 is 0 Å². The van der Waals surface area contributed by atoms with Crippen molar-refractivity contribution in [2.24, 2.45) is 5.14 Å². The molecule has 1 aromatic carbocycles. The number of primary sulfonamides is 1. The molecule has 118 valence electrons. The molecule has 0 aliphatic carbocycles. The normalized spacial score (nSPS) is 13.0. The fourth-order valence-corrected chi connectivity index (χ4v) is 2.52.